The van der Waals surface area contributed by atoms with Crippen molar-refractivity contribution in [3.8, 4) is 6.07 Å². The molecular weight excluding hydrogens is 398 g/mol. The Kier molecular flexibility index (Phi) is 7.32. The molecule has 2 fully saturated rings. The minimum absolute atomic E-state index is 0.0625. The molecule has 1 aliphatic heterocycles. The fraction of sp³-hybridized carbons (Fsp3) is 0.556. The molecule has 0 unspecified atom stereocenters. The van der Waals surface area contributed by atoms with Gasteiger partial charge in [-0.1, -0.05) is 37.0 Å². The van der Waals surface area contributed by atoms with Crippen molar-refractivity contribution in [3.05, 3.63) is 54.0 Å². The van der Waals surface area contributed by atoms with E-state index in [1.807, 2.05) is 17.0 Å². The number of anilines is 1. The molecule has 2 heterocycles. The highest BCUT2D eigenvalue weighted by atomic mass is 16.3. The summed E-state index contributed by atoms with van der Waals surface area (Å²) in [6.07, 6.45) is 11.5. The molecule has 0 spiro atoms. The molecule has 0 bridgehead atoms. The molecule has 2 aliphatic rings. The van der Waals surface area contributed by atoms with Crippen LogP contribution in [-0.2, 0) is 0 Å². The van der Waals surface area contributed by atoms with Crippen LogP contribution in [-0.4, -0.2) is 36.5 Å². The van der Waals surface area contributed by atoms with Gasteiger partial charge in [-0.3, -0.25) is 4.79 Å². The van der Waals surface area contributed by atoms with Crippen molar-refractivity contribution in [2.75, 3.05) is 24.5 Å². The lowest BCUT2D eigenvalue weighted by atomic mass is 9.70. The fourth-order valence-electron chi connectivity index (χ4n) is 5.50. The molecule has 0 N–H and O–H groups in total. The van der Waals surface area contributed by atoms with E-state index in [9.17, 15) is 10.1 Å². The maximum Gasteiger partial charge on any atom is 0.294 e. The number of carbonyl (C=O) groups is 1. The summed E-state index contributed by atoms with van der Waals surface area (Å²) in [5.74, 6) is 0.330. The molecule has 2 aromatic rings. The summed E-state index contributed by atoms with van der Waals surface area (Å²) in [6, 6.07) is 14.3. The van der Waals surface area contributed by atoms with E-state index in [0.29, 0.717) is 12.2 Å². The molecule has 1 aromatic heterocycles. The second-order valence-corrected chi connectivity index (χ2v) is 9.71. The highest BCUT2D eigenvalue weighted by molar-refractivity contribution is 6.04. The Labute approximate surface area is 192 Å². The number of hydrogen-bond donors (Lipinski definition) is 0. The first-order chi connectivity index (χ1) is 15.6. The fourth-order valence-corrected chi connectivity index (χ4v) is 5.50. The first kappa shape index (κ1) is 22.6. The van der Waals surface area contributed by atoms with Crippen LogP contribution in [0.3, 0.4) is 0 Å². The minimum Gasteiger partial charge on any atom is -0.459 e. The van der Waals surface area contributed by atoms with E-state index in [1.165, 1.54) is 37.7 Å². The predicted molar refractivity (Wildman–Crippen MR) is 127 cm³/mol. The molecule has 4 rings (SSSR count). The van der Waals surface area contributed by atoms with Crippen LogP contribution in [0.4, 0.5) is 5.69 Å². The van der Waals surface area contributed by atoms with Crippen molar-refractivity contribution >= 4 is 11.6 Å². The Morgan fingerprint density at radius 2 is 1.88 bits per heavy atom. The lowest BCUT2D eigenvalue weighted by Crippen LogP contribution is -2.48. The van der Waals surface area contributed by atoms with E-state index < -0.39 is 0 Å². The number of carbonyl (C=O) groups excluding carboxylic acids is 1. The van der Waals surface area contributed by atoms with Gasteiger partial charge in [-0.2, -0.15) is 5.26 Å². The molecule has 1 aliphatic carbocycles. The zero-order valence-corrected chi connectivity index (χ0v) is 19.3. The number of benzene rings is 1. The second kappa shape index (κ2) is 10.4. The van der Waals surface area contributed by atoms with Gasteiger partial charge >= 0.3 is 0 Å². The summed E-state index contributed by atoms with van der Waals surface area (Å²) >= 11 is 0. The van der Waals surface area contributed by atoms with Gasteiger partial charge < -0.3 is 14.2 Å². The Morgan fingerprint density at radius 1 is 1.16 bits per heavy atom. The molecule has 0 radical (unpaired) electrons. The average molecular weight is 434 g/mol. The summed E-state index contributed by atoms with van der Waals surface area (Å²) in [5, 5.41) is 9.36. The lowest BCUT2D eigenvalue weighted by molar-refractivity contribution is 0.0923. The van der Waals surface area contributed by atoms with Crippen LogP contribution in [0.25, 0.3) is 0 Å². The highest BCUT2D eigenvalue weighted by Crippen LogP contribution is 2.42. The van der Waals surface area contributed by atoms with Crippen molar-refractivity contribution in [2.24, 2.45) is 5.41 Å². The van der Waals surface area contributed by atoms with Crippen molar-refractivity contribution in [2.45, 2.75) is 70.8 Å². The number of aryl methyl sites for hydroxylation is 1. The molecular formula is C27H35N3O2. The number of furan rings is 1. The van der Waals surface area contributed by atoms with Crippen molar-refractivity contribution in [1.29, 1.82) is 5.26 Å². The van der Waals surface area contributed by atoms with Gasteiger partial charge in [-0.15, -0.1) is 0 Å². The van der Waals surface area contributed by atoms with E-state index in [2.05, 4.69) is 30.0 Å². The van der Waals surface area contributed by atoms with E-state index in [4.69, 9.17) is 4.42 Å². The molecule has 170 valence electrons. The number of nitriles is 1. The lowest BCUT2D eigenvalue weighted by Gasteiger charge is -2.41. The Hall–Kier alpha value is -2.58. The SMILES string of the molecule is Cc1ccc(N(C(=O)c2ccco2)C2CCN(CCC3(CC#N)CCCCC3)CC2)cc1. The summed E-state index contributed by atoms with van der Waals surface area (Å²) in [4.78, 5) is 17.8. The largest absolute Gasteiger partial charge is 0.459 e. The van der Waals surface area contributed by atoms with Crippen LogP contribution < -0.4 is 4.90 Å². The Balaban J connectivity index is 1.40. The summed E-state index contributed by atoms with van der Waals surface area (Å²) in [5.41, 5.74) is 2.35. The van der Waals surface area contributed by atoms with Gasteiger partial charge in [0.15, 0.2) is 5.76 Å². The van der Waals surface area contributed by atoms with Crippen LogP contribution in [0.5, 0.6) is 0 Å². The molecule has 5 nitrogen and oxygen atoms in total. The van der Waals surface area contributed by atoms with Crippen LogP contribution in [0.15, 0.2) is 47.1 Å². The standard InChI is InChI=1S/C27H35N3O2/c1-22-7-9-23(10-8-22)30(26(31)25-6-5-21-32-25)24-11-18-29(19-12-24)20-16-27(15-17-28)13-3-2-4-14-27/h5-10,21,24H,2-4,11-16,18-20H2,1H3. The van der Waals surface area contributed by atoms with Crippen LogP contribution in [0.1, 0.15) is 73.9 Å². The third-order valence-electron chi connectivity index (χ3n) is 7.51. The van der Waals surface area contributed by atoms with Crippen molar-refractivity contribution < 1.29 is 9.21 Å². The zero-order valence-electron chi connectivity index (χ0n) is 19.3. The third-order valence-corrected chi connectivity index (χ3v) is 7.51. The van der Waals surface area contributed by atoms with E-state index in [0.717, 1.165) is 44.6 Å². The van der Waals surface area contributed by atoms with E-state index >= 15 is 0 Å². The van der Waals surface area contributed by atoms with Crippen molar-refractivity contribution in [1.82, 2.24) is 4.90 Å². The molecule has 1 saturated heterocycles. The van der Waals surface area contributed by atoms with Gasteiger partial charge in [0.2, 0.25) is 0 Å². The maximum atomic E-state index is 13.3. The van der Waals surface area contributed by atoms with E-state index in [-0.39, 0.29) is 17.4 Å². The molecule has 32 heavy (non-hydrogen) atoms. The number of piperidine rings is 1. The first-order valence-electron chi connectivity index (χ1n) is 12.1. The topological polar surface area (TPSA) is 60.5 Å². The number of amides is 1. The quantitative estimate of drug-likeness (QED) is 0.541. The van der Waals surface area contributed by atoms with Gasteiger partial charge in [0, 0.05) is 31.2 Å². The number of likely N-dealkylation sites (tertiary alicyclic amines) is 1. The number of hydrogen-bond acceptors (Lipinski definition) is 4. The highest BCUT2D eigenvalue weighted by Gasteiger charge is 2.34. The van der Waals surface area contributed by atoms with Crippen LogP contribution in [0.2, 0.25) is 0 Å². The summed E-state index contributed by atoms with van der Waals surface area (Å²) in [7, 11) is 0. The average Bonchev–Trinajstić information content (AvgIpc) is 3.36. The monoisotopic (exact) mass is 433 g/mol. The summed E-state index contributed by atoms with van der Waals surface area (Å²) < 4.78 is 5.45. The van der Waals surface area contributed by atoms with Crippen molar-refractivity contribution in [3.63, 3.8) is 0 Å². The predicted octanol–water partition coefficient (Wildman–Crippen LogP) is 5.95. The smallest absolute Gasteiger partial charge is 0.294 e. The molecule has 5 heteroatoms. The van der Waals surface area contributed by atoms with Gasteiger partial charge in [-0.05, 0) is 75.3 Å². The maximum absolute atomic E-state index is 13.3. The number of rotatable bonds is 7. The normalized spacial score (nSPS) is 19.4. The Morgan fingerprint density at radius 3 is 2.50 bits per heavy atom. The van der Waals surface area contributed by atoms with Gasteiger partial charge in [-0.25, -0.2) is 0 Å². The molecule has 1 saturated carbocycles. The van der Waals surface area contributed by atoms with Crippen LogP contribution >= 0.6 is 0 Å². The van der Waals surface area contributed by atoms with Gasteiger partial charge in [0.25, 0.3) is 5.91 Å². The second-order valence-electron chi connectivity index (χ2n) is 9.71. The number of nitrogens with zero attached hydrogens (tertiary/aromatic N) is 3. The van der Waals surface area contributed by atoms with Gasteiger partial charge in [0.05, 0.1) is 12.3 Å². The summed E-state index contributed by atoms with van der Waals surface area (Å²) in [6.45, 7) is 5.10. The van der Waals surface area contributed by atoms with E-state index in [1.54, 1.807) is 18.4 Å². The van der Waals surface area contributed by atoms with Gasteiger partial charge in [0.1, 0.15) is 0 Å². The zero-order chi connectivity index (χ0) is 22.4. The Bertz CT molecular complexity index is 899. The third kappa shape index (κ3) is 5.24. The molecule has 1 amide bonds. The minimum atomic E-state index is -0.0625. The molecule has 0 atom stereocenters. The first-order valence-corrected chi connectivity index (χ1v) is 12.1. The van der Waals surface area contributed by atoms with Crippen LogP contribution in [0, 0.1) is 23.7 Å². The molecule has 1 aromatic carbocycles.